The van der Waals surface area contributed by atoms with Gasteiger partial charge >= 0.3 is 0 Å². The van der Waals surface area contributed by atoms with Gasteiger partial charge in [-0.2, -0.15) is 0 Å². The molecule has 4 nitrogen and oxygen atoms in total. The minimum Gasteiger partial charge on any atom is -0.377 e. The van der Waals surface area contributed by atoms with Crippen LogP contribution in [0.2, 0.25) is 0 Å². The van der Waals surface area contributed by atoms with E-state index in [0.29, 0.717) is 18.1 Å². The SMILES string of the molecule is Cc1cc(CNC2C3CCOC3C2(C)C)on1. The molecule has 17 heavy (non-hydrogen) atoms. The summed E-state index contributed by atoms with van der Waals surface area (Å²) in [5.74, 6) is 1.59. The minimum atomic E-state index is 0.232. The summed E-state index contributed by atoms with van der Waals surface area (Å²) in [7, 11) is 0. The van der Waals surface area contributed by atoms with Gasteiger partial charge in [0.25, 0.3) is 0 Å². The molecule has 1 saturated carbocycles. The number of fused-ring (bicyclic) bond motifs is 1. The number of nitrogens with zero attached hydrogens (tertiary/aromatic N) is 1. The first-order chi connectivity index (χ1) is 8.09. The van der Waals surface area contributed by atoms with E-state index in [9.17, 15) is 0 Å². The molecule has 94 valence electrons. The van der Waals surface area contributed by atoms with Crippen molar-refractivity contribution in [1.82, 2.24) is 10.5 Å². The van der Waals surface area contributed by atoms with E-state index in [0.717, 1.165) is 24.6 Å². The quantitative estimate of drug-likeness (QED) is 0.870. The number of ether oxygens (including phenoxy) is 1. The maximum atomic E-state index is 5.78. The van der Waals surface area contributed by atoms with Crippen LogP contribution >= 0.6 is 0 Å². The Morgan fingerprint density at radius 2 is 2.35 bits per heavy atom. The van der Waals surface area contributed by atoms with E-state index in [4.69, 9.17) is 9.26 Å². The van der Waals surface area contributed by atoms with E-state index in [1.807, 2.05) is 13.0 Å². The molecule has 3 unspecified atom stereocenters. The highest BCUT2D eigenvalue weighted by Crippen LogP contribution is 2.52. The molecular formula is C13H20N2O2. The molecule has 4 heteroatoms. The van der Waals surface area contributed by atoms with Crippen LogP contribution in [0, 0.1) is 18.3 Å². The highest BCUT2D eigenvalue weighted by molar-refractivity contribution is 5.12. The van der Waals surface area contributed by atoms with Crippen molar-refractivity contribution in [2.24, 2.45) is 11.3 Å². The molecule has 0 aromatic carbocycles. The fourth-order valence-corrected chi connectivity index (χ4v) is 3.45. The van der Waals surface area contributed by atoms with Crippen LogP contribution in [0.15, 0.2) is 10.6 Å². The second kappa shape index (κ2) is 3.82. The van der Waals surface area contributed by atoms with Gasteiger partial charge in [-0.25, -0.2) is 0 Å². The summed E-state index contributed by atoms with van der Waals surface area (Å²) in [6.45, 7) is 8.18. The van der Waals surface area contributed by atoms with Gasteiger partial charge in [0.2, 0.25) is 0 Å². The van der Waals surface area contributed by atoms with Gasteiger partial charge < -0.3 is 14.6 Å². The zero-order chi connectivity index (χ0) is 12.0. The van der Waals surface area contributed by atoms with Crippen molar-refractivity contribution in [3.63, 3.8) is 0 Å². The van der Waals surface area contributed by atoms with Crippen LogP contribution in [-0.4, -0.2) is 23.9 Å². The Hall–Kier alpha value is -0.870. The fourth-order valence-electron chi connectivity index (χ4n) is 3.45. The average Bonchev–Trinajstić information content (AvgIpc) is 2.86. The van der Waals surface area contributed by atoms with Gasteiger partial charge in [0.05, 0.1) is 18.3 Å². The molecule has 2 aliphatic rings. The van der Waals surface area contributed by atoms with Gasteiger partial charge in [-0.1, -0.05) is 19.0 Å². The normalized spacial score (nSPS) is 34.4. The van der Waals surface area contributed by atoms with Crippen molar-refractivity contribution in [2.75, 3.05) is 6.61 Å². The third kappa shape index (κ3) is 1.70. The Morgan fingerprint density at radius 1 is 1.53 bits per heavy atom. The highest BCUT2D eigenvalue weighted by atomic mass is 16.5. The topological polar surface area (TPSA) is 47.3 Å². The molecule has 2 heterocycles. The molecule has 0 spiro atoms. The van der Waals surface area contributed by atoms with Crippen molar-refractivity contribution in [2.45, 2.75) is 45.9 Å². The molecule has 0 amide bonds. The van der Waals surface area contributed by atoms with Crippen LogP contribution in [0.1, 0.15) is 31.7 Å². The summed E-state index contributed by atoms with van der Waals surface area (Å²) in [6, 6.07) is 2.52. The Labute approximate surface area is 102 Å². The molecule has 1 N–H and O–H groups in total. The van der Waals surface area contributed by atoms with Gasteiger partial charge in [0.15, 0.2) is 5.76 Å². The summed E-state index contributed by atoms with van der Waals surface area (Å²) < 4.78 is 11.0. The lowest BCUT2D eigenvalue weighted by atomic mass is 9.57. The first-order valence-corrected chi connectivity index (χ1v) is 6.36. The smallest absolute Gasteiger partial charge is 0.150 e. The number of rotatable bonds is 3. The maximum absolute atomic E-state index is 5.78. The second-order valence-electron chi connectivity index (χ2n) is 5.86. The molecule has 1 aliphatic carbocycles. The van der Waals surface area contributed by atoms with Gasteiger partial charge in [0, 0.05) is 30.0 Å². The van der Waals surface area contributed by atoms with E-state index in [1.165, 1.54) is 6.42 Å². The molecule has 1 aromatic rings. The largest absolute Gasteiger partial charge is 0.377 e. The predicted octanol–water partition coefficient (Wildman–Crippen LogP) is 1.89. The summed E-state index contributed by atoms with van der Waals surface area (Å²) >= 11 is 0. The molecule has 0 bridgehead atoms. The average molecular weight is 236 g/mol. The fraction of sp³-hybridized carbons (Fsp3) is 0.769. The number of nitrogens with one attached hydrogen (secondary N) is 1. The van der Waals surface area contributed by atoms with E-state index < -0.39 is 0 Å². The predicted molar refractivity (Wildman–Crippen MR) is 63.5 cm³/mol. The van der Waals surface area contributed by atoms with Crippen LogP contribution < -0.4 is 5.32 Å². The molecule has 3 atom stereocenters. The zero-order valence-electron chi connectivity index (χ0n) is 10.7. The Kier molecular flexibility index (Phi) is 2.52. The van der Waals surface area contributed by atoms with Crippen molar-refractivity contribution in [1.29, 1.82) is 0 Å². The molecule has 0 radical (unpaired) electrons. The lowest BCUT2D eigenvalue weighted by Crippen LogP contribution is -2.65. The third-order valence-corrected chi connectivity index (χ3v) is 4.27. The minimum absolute atomic E-state index is 0.232. The standard InChI is InChI=1S/C13H20N2O2/c1-8-6-9(17-15-8)7-14-11-10-4-5-16-12(10)13(11,2)3/h6,10-12,14H,4-5,7H2,1-3H3. The monoisotopic (exact) mass is 236 g/mol. The first kappa shape index (κ1) is 11.2. The molecule has 1 aromatic heterocycles. The van der Waals surface area contributed by atoms with Crippen LogP contribution in [0.5, 0.6) is 0 Å². The van der Waals surface area contributed by atoms with E-state index in [-0.39, 0.29) is 5.41 Å². The lowest BCUT2D eigenvalue weighted by molar-refractivity contribution is -0.113. The lowest BCUT2D eigenvalue weighted by Gasteiger charge is -2.54. The van der Waals surface area contributed by atoms with Crippen molar-refractivity contribution < 1.29 is 9.26 Å². The summed E-state index contributed by atoms with van der Waals surface area (Å²) in [4.78, 5) is 0. The van der Waals surface area contributed by atoms with Crippen LogP contribution in [0.4, 0.5) is 0 Å². The van der Waals surface area contributed by atoms with E-state index in [2.05, 4.69) is 24.3 Å². The Morgan fingerprint density at radius 3 is 3.06 bits per heavy atom. The van der Waals surface area contributed by atoms with Gasteiger partial charge in [-0.05, 0) is 13.3 Å². The van der Waals surface area contributed by atoms with Crippen LogP contribution in [0.25, 0.3) is 0 Å². The van der Waals surface area contributed by atoms with Crippen molar-refractivity contribution >= 4 is 0 Å². The van der Waals surface area contributed by atoms with E-state index >= 15 is 0 Å². The second-order valence-corrected chi connectivity index (χ2v) is 5.86. The summed E-state index contributed by atoms with van der Waals surface area (Å²) in [5.41, 5.74) is 1.17. The summed E-state index contributed by atoms with van der Waals surface area (Å²) in [5, 5.41) is 7.50. The van der Waals surface area contributed by atoms with E-state index in [1.54, 1.807) is 0 Å². The third-order valence-electron chi connectivity index (χ3n) is 4.27. The first-order valence-electron chi connectivity index (χ1n) is 6.36. The number of aromatic nitrogens is 1. The number of aryl methyl sites for hydroxylation is 1. The Balaban J connectivity index is 1.62. The highest BCUT2D eigenvalue weighted by Gasteiger charge is 2.58. The van der Waals surface area contributed by atoms with Crippen molar-refractivity contribution in [3.05, 3.63) is 17.5 Å². The van der Waals surface area contributed by atoms with Gasteiger partial charge in [0.1, 0.15) is 0 Å². The van der Waals surface area contributed by atoms with Gasteiger partial charge in [-0.15, -0.1) is 0 Å². The molecule has 1 aliphatic heterocycles. The van der Waals surface area contributed by atoms with Crippen LogP contribution in [-0.2, 0) is 11.3 Å². The van der Waals surface area contributed by atoms with Gasteiger partial charge in [-0.3, -0.25) is 0 Å². The van der Waals surface area contributed by atoms with Crippen molar-refractivity contribution in [3.8, 4) is 0 Å². The molecule has 2 fully saturated rings. The zero-order valence-corrected chi connectivity index (χ0v) is 10.7. The maximum Gasteiger partial charge on any atom is 0.150 e. The Bertz CT molecular complexity index is 413. The summed E-state index contributed by atoms with van der Waals surface area (Å²) in [6.07, 6.45) is 1.62. The molecule has 1 saturated heterocycles. The number of hydrogen-bond acceptors (Lipinski definition) is 4. The van der Waals surface area contributed by atoms with Crippen LogP contribution in [0.3, 0.4) is 0 Å². The molecule has 3 rings (SSSR count). The number of hydrogen-bond donors (Lipinski definition) is 1. The molecular weight excluding hydrogens is 216 g/mol.